The van der Waals surface area contributed by atoms with Gasteiger partial charge in [-0.2, -0.15) is 0 Å². The molecule has 0 spiro atoms. The van der Waals surface area contributed by atoms with E-state index in [1.54, 1.807) is 43.2 Å². The molecule has 2 aliphatic carbocycles. The first kappa shape index (κ1) is 34.4. The fourth-order valence-corrected chi connectivity index (χ4v) is 9.92. The largest absolute Gasteiger partial charge is 0.139 e. The van der Waals surface area contributed by atoms with Crippen molar-refractivity contribution in [2.24, 2.45) is 0 Å². The Morgan fingerprint density at radius 3 is 1.36 bits per heavy atom. The van der Waals surface area contributed by atoms with E-state index in [1.807, 2.05) is 0 Å². The topological polar surface area (TPSA) is 0 Å². The van der Waals surface area contributed by atoms with E-state index in [0.29, 0.717) is 11.8 Å². The highest BCUT2D eigenvalue weighted by atomic mass is 32.1. The van der Waals surface area contributed by atoms with Crippen molar-refractivity contribution in [1.82, 2.24) is 0 Å². The summed E-state index contributed by atoms with van der Waals surface area (Å²) in [4.78, 5) is 6.16. The van der Waals surface area contributed by atoms with Gasteiger partial charge >= 0.3 is 0 Å². The molecule has 0 fully saturated rings. The third-order valence-corrected chi connectivity index (χ3v) is 13.2. The zero-order valence-corrected chi connectivity index (χ0v) is 31.5. The molecular formula is C43H60S2. The summed E-state index contributed by atoms with van der Waals surface area (Å²) < 4.78 is 0. The van der Waals surface area contributed by atoms with Crippen molar-refractivity contribution in [3.05, 3.63) is 67.4 Å². The van der Waals surface area contributed by atoms with Crippen LogP contribution in [0.15, 0.2) is 35.4 Å². The predicted molar refractivity (Wildman–Crippen MR) is 205 cm³/mol. The van der Waals surface area contributed by atoms with Crippen molar-refractivity contribution in [3.8, 4) is 20.9 Å². The summed E-state index contributed by atoms with van der Waals surface area (Å²) in [6, 6.07) is 10.5. The monoisotopic (exact) mass is 640 g/mol. The van der Waals surface area contributed by atoms with Crippen molar-refractivity contribution in [2.45, 2.75) is 164 Å². The molecule has 0 nitrogen and oxygen atoms in total. The quantitative estimate of drug-likeness (QED) is 0.0887. The van der Waals surface area contributed by atoms with Crippen molar-refractivity contribution >= 4 is 33.8 Å². The second kappa shape index (κ2) is 15.8. The fraction of sp³-hybridized carbons (Fsp3) is 0.581. The lowest BCUT2D eigenvalue weighted by molar-refractivity contribution is 0.626. The Morgan fingerprint density at radius 1 is 0.489 bits per heavy atom. The summed E-state index contributed by atoms with van der Waals surface area (Å²) in [5.41, 5.74) is 15.7. The highest BCUT2D eigenvalue weighted by molar-refractivity contribution is 7.16. The molecule has 0 radical (unpaired) electrons. The highest BCUT2D eigenvalue weighted by Crippen LogP contribution is 2.58. The molecule has 2 heterocycles. The lowest BCUT2D eigenvalue weighted by atomic mass is 9.89. The van der Waals surface area contributed by atoms with Crippen molar-refractivity contribution in [1.29, 1.82) is 0 Å². The van der Waals surface area contributed by atoms with Crippen molar-refractivity contribution in [3.63, 3.8) is 0 Å². The van der Waals surface area contributed by atoms with Crippen LogP contribution in [0.3, 0.4) is 0 Å². The number of rotatable bonds is 17. The minimum absolute atomic E-state index is 0.569. The Labute approximate surface area is 284 Å². The number of hydrogen-bond acceptors (Lipinski definition) is 2. The number of allylic oxidation sites excluding steroid dienone is 2. The molecule has 0 N–H and O–H groups in total. The first-order valence-corrected chi connectivity index (χ1v) is 20.3. The van der Waals surface area contributed by atoms with E-state index in [-0.39, 0.29) is 0 Å². The second-order valence-corrected chi connectivity index (χ2v) is 16.8. The maximum atomic E-state index is 2.66. The van der Waals surface area contributed by atoms with Crippen LogP contribution in [0, 0.1) is 0 Å². The van der Waals surface area contributed by atoms with Crippen LogP contribution in [0.5, 0.6) is 0 Å². The van der Waals surface area contributed by atoms with Gasteiger partial charge in [0, 0.05) is 41.8 Å². The molecule has 0 unspecified atom stereocenters. The van der Waals surface area contributed by atoms with Gasteiger partial charge < -0.3 is 0 Å². The van der Waals surface area contributed by atoms with E-state index in [0.717, 1.165) is 0 Å². The van der Waals surface area contributed by atoms with Crippen molar-refractivity contribution < 1.29 is 0 Å². The van der Waals surface area contributed by atoms with Crippen LogP contribution in [0.2, 0.25) is 0 Å². The zero-order chi connectivity index (χ0) is 32.1. The molecule has 2 aromatic heterocycles. The van der Waals surface area contributed by atoms with E-state index in [9.17, 15) is 0 Å². The molecule has 0 saturated heterocycles. The average molecular weight is 641 g/mol. The van der Waals surface area contributed by atoms with Gasteiger partial charge in [0.15, 0.2) is 0 Å². The summed E-state index contributed by atoms with van der Waals surface area (Å²) in [6.07, 6.45) is 19.7. The number of fused-ring (bicyclic) bond motifs is 6. The SMILES string of the molecule is CCCCCCC(CCCCCC)=C1c2cc3c(cc2-c2sc(C(C)C)cc21)/C(=C(/C)CCCCCC)c1cc(C(C)C)sc1-3. The highest BCUT2D eigenvalue weighted by Gasteiger charge is 2.35. The van der Waals surface area contributed by atoms with Gasteiger partial charge in [0.2, 0.25) is 0 Å². The first-order valence-electron chi connectivity index (χ1n) is 18.7. The van der Waals surface area contributed by atoms with Gasteiger partial charge in [-0.3, -0.25) is 0 Å². The number of benzene rings is 1. The van der Waals surface area contributed by atoms with Gasteiger partial charge in [0.25, 0.3) is 0 Å². The molecule has 2 heteroatoms. The molecule has 0 amide bonds. The van der Waals surface area contributed by atoms with Gasteiger partial charge in [-0.1, -0.05) is 117 Å². The fourth-order valence-electron chi connectivity index (χ4n) is 7.53. The van der Waals surface area contributed by atoms with Crippen LogP contribution in [-0.4, -0.2) is 0 Å². The lowest BCUT2D eigenvalue weighted by Crippen LogP contribution is -1.96. The predicted octanol–water partition coefficient (Wildman–Crippen LogP) is 15.6. The molecule has 244 valence electrons. The molecule has 0 saturated carbocycles. The summed E-state index contributed by atoms with van der Waals surface area (Å²) >= 11 is 4.14. The summed E-state index contributed by atoms with van der Waals surface area (Å²) in [6.45, 7) is 18.9. The Balaban J connectivity index is 1.68. The van der Waals surface area contributed by atoms with Gasteiger partial charge in [0.1, 0.15) is 0 Å². The summed E-state index contributed by atoms with van der Waals surface area (Å²) in [5.74, 6) is 1.14. The van der Waals surface area contributed by atoms with Crippen molar-refractivity contribution in [2.75, 3.05) is 0 Å². The van der Waals surface area contributed by atoms with Crippen LogP contribution >= 0.6 is 22.7 Å². The van der Waals surface area contributed by atoms with Crippen LogP contribution in [0.25, 0.3) is 32.0 Å². The van der Waals surface area contributed by atoms with Crippen LogP contribution in [0.1, 0.15) is 196 Å². The molecule has 3 aromatic rings. The molecule has 1 aromatic carbocycles. The van der Waals surface area contributed by atoms with E-state index in [2.05, 4.69) is 102 Å². The zero-order valence-electron chi connectivity index (χ0n) is 29.9. The molecule has 0 atom stereocenters. The summed E-state index contributed by atoms with van der Waals surface area (Å²) in [5, 5.41) is 0. The average Bonchev–Trinajstić information content (AvgIpc) is 3.76. The number of thiophene rings is 2. The summed E-state index contributed by atoms with van der Waals surface area (Å²) in [7, 11) is 0. The Bertz CT molecular complexity index is 1500. The third-order valence-electron chi connectivity index (χ3n) is 10.2. The maximum Gasteiger partial charge on any atom is 0.0430 e. The van der Waals surface area contributed by atoms with E-state index in [4.69, 9.17) is 0 Å². The number of hydrogen-bond donors (Lipinski definition) is 0. The molecule has 45 heavy (non-hydrogen) atoms. The van der Waals surface area contributed by atoms with Crippen LogP contribution in [0.4, 0.5) is 0 Å². The van der Waals surface area contributed by atoms with Crippen LogP contribution in [-0.2, 0) is 0 Å². The third kappa shape index (κ3) is 7.33. The van der Waals surface area contributed by atoms with Gasteiger partial charge in [-0.15, -0.1) is 22.7 Å². The molecule has 0 bridgehead atoms. The maximum absolute atomic E-state index is 2.66. The van der Waals surface area contributed by atoms with Gasteiger partial charge in [-0.25, -0.2) is 0 Å². The smallest absolute Gasteiger partial charge is 0.0430 e. The number of unbranched alkanes of at least 4 members (excludes halogenated alkanes) is 9. The molecule has 5 rings (SSSR count). The Hall–Kier alpha value is -1.90. The van der Waals surface area contributed by atoms with Crippen LogP contribution < -0.4 is 0 Å². The van der Waals surface area contributed by atoms with Gasteiger partial charge in [-0.05, 0) is 104 Å². The van der Waals surface area contributed by atoms with Gasteiger partial charge in [0.05, 0.1) is 0 Å². The standard InChI is InChI=1S/C43H60S2/c1-9-12-15-18-21-30(8)40-32-24-35-33(25-34(32)42-36(40)26-38(44-42)28(4)5)41(37-27-39(29(6)7)45-43(35)37)31(22-19-16-13-10-2)23-20-17-14-11-3/h24-29H,9-23H2,1-8H3/b40-30+. The minimum Gasteiger partial charge on any atom is -0.139 e. The lowest BCUT2D eigenvalue weighted by Gasteiger charge is -2.16. The first-order chi connectivity index (χ1) is 21.8. The minimum atomic E-state index is 0.569. The second-order valence-electron chi connectivity index (χ2n) is 14.6. The van der Waals surface area contributed by atoms with E-state index in [1.165, 1.54) is 128 Å². The van der Waals surface area contributed by atoms with E-state index >= 15 is 0 Å². The van der Waals surface area contributed by atoms with E-state index < -0.39 is 0 Å². The normalized spacial score (nSPS) is 14.4. The molecule has 0 aliphatic heterocycles. The molecule has 2 aliphatic rings. The molecular weight excluding hydrogens is 581 g/mol. The Kier molecular flexibility index (Phi) is 12.1. The Morgan fingerprint density at radius 2 is 0.911 bits per heavy atom.